The fourth-order valence-corrected chi connectivity index (χ4v) is 1.47. The lowest BCUT2D eigenvalue weighted by Crippen LogP contribution is -1.88. The Labute approximate surface area is 95.7 Å². The van der Waals surface area contributed by atoms with Gasteiger partial charge in [0.1, 0.15) is 0 Å². The molecule has 0 aliphatic carbocycles. The number of allylic oxidation sites excluding steroid dienone is 1. The molecule has 0 aliphatic heterocycles. The van der Waals surface area contributed by atoms with Crippen molar-refractivity contribution in [2.24, 2.45) is 0 Å². The van der Waals surface area contributed by atoms with Crippen molar-refractivity contribution >= 4 is 50.9 Å². The molecule has 0 aromatic heterocycles. The maximum absolute atomic E-state index is 5.96. The molecule has 0 radical (unpaired) electrons. The highest BCUT2D eigenvalue weighted by molar-refractivity contribution is 9.09. The Kier molecular flexibility index (Phi) is 4.10. The summed E-state index contributed by atoms with van der Waals surface area (Å²) in [6.07, 6.45) is 3.83. The third-order valence-electron chi connectivity index (χ3n) is 1.53. The number of halogens is 3. The van der Waals surface area contributed by atoms with Crippen LogP contribution in [0.2, 0.25) is 10.0 Å². The quantitative estimate of drug-likeness (QED) is 0.644. The third-order valence-corrected chi connectivity index (χ3v) is 2.81. The summed E-state index contributed by atoms with van der Waals surface area (Å²) in [4.78, 5) is 0. The van der Waals surface area contributed by atoms with E-state index in [4.69, 9.17) is 28.9 Å². The fraction of sp³-hybridized carbons (Fsp3) is 0.111. The highest BCUT2D eigenvalue weighted by atomic mass is 79.9. The maximum atomic E-state index is 5.96. The molecule has 0 spiro atoms. The van der Waals surface area contributed by atoms with Crippen LogP contribution in [-0.2, 0) is 0 Å². The molecule has 13 heavy (non-hydrogen) atoms. The van der Waals surface area contributed by atoms with Gasteiger partial charge in [0.25, 0.3) is 0 Å². The number of hydrogen-bond donors (Lipinski definition) is 1. The molecule has 0 fully saturated rings. The van der Waals surface area contributed by atoms with Gasteiger partial charge in [0.2, 0.25) is 0 Å². The third kappa shape index (κ3) is 2.63. The van der Waals surface area contributed by atoms with E-state index in [1.165, 1.54) is 0 Å². The van der Waals surface area contributed by atoms with Gasteiger partial charge in [-0.2, -0.15) is 0 Å². The van der Waals surface area contributed by atoms with Gasteiger partial charge in [0.05, 0.1) is 15.7 Å². The van der Waals surface area contributed by atoms with Crippen LogP contribution in [-0.4, -0.2) is 5.33 Å². The molecule has 0 saturated carbocycles. The number of alkyl halides is 1. The standard InChI is InChI=1S/C9H8BrCl2N/c10-5-1-2-6-3-4-7(13)9(12)8(6)11/h1-4H,5,13H2. The molecule has 0 heterocycles. The first kappa shape index (κ1) is 10.9. The Morgan fingerprint density at radius 1 is 1.31 bits per heavy atom. The summed E-state index contributed by atoms with van der Waals surface area (Å²) in [5, 5.41) is 1.70. The minimum absolute atomic E-state index is 0.415. The molecule has 1 aromatic rings. The summed E-state index contributed by atoms with van der Waals surface area (Å²) in [6, 6.07) is 3.57. The molecule has 0 aliphatic rings. The SMILES string of the molecule is Nc1ccc(C=CCBr)c(Cl)c1Cl. The van der Waals surface area contributed by atoms with Gasteiger partial charge in [-0.05, 0) is 11.6 Å². The van der Waals surface area contributed by atoms with Crippen LogP contribution in [0.25, 0.3) is 6.08 Å². The van der Waals surface area contributed by atoms with Crippen molar-refractivity contribution in [3.05, 3.63) is 33.8 Å². The van der Waals surface area contributed by atoms with Gasteiger partial charge in [0, 0.05) is 5.33 Å². The molecule has 1 aromatic carbocycles. The number of hydrogen-bond acceptors (Lipinski definition) is 1. The molecule has 2 N–H and O–H groups in total. The first-order valence-electron chi connectivity index (χ1n) is 3.62. The van der Waals surface area contributed by atoms with Crippen molar-refractivity contribution in [2.75, 3.05) is 11.1 Å². The highest BCUT2D eigenvalue weighted by Crippen LogP contribution is 2.31. The zero-order valence-corrected chi connectivity index (χ0v) is 9.83. The van der Waals surface area contributed by atoms with E-state index in [9.17, 15) is 0 Å². The van der Waals surface area contributed by atoms with Crippen molar-refractivity contribution in [3.8, 4) is 0 Å². The second-order valence-corrected chi connectivity index (χ2v) is 3.83. The van der Waals surface area contributed by atoms with Crippen molar-refractivity contribution in [1.82, 2.24) is 0 Å². The second-order valence-electron chi connectivity index (χ2n) is 2.43. The molecule has 1 nitrogen and oxygen atoms in total. The molecular weight excluding hydrogens is 273 g/mol. The lowest BCUT2D eigenvalue weighted by molar-refractivity contribution is 1.63. The predicted molar refractivity (Wildman–Crippen MR) is 63.7 cm³/mol. The van der Waals surface area contributed by atoms with E-state index in [0.717, 1.165) is 10.9 Å². The molecule has 0 amide bonds. The Morgan fingerprint density at radius 3 is 2.62 bits per heavy atom. The average molecular weight is 281 g/mol. The molecular formula is C9H8BrCl2N. The smallest absolute Gasteiger partial charge is 0.0827 e. The van der Waals surface area contributed by atoms with Crippen LogP contribution in [0.5, 0.6) is 0 Å². The monoisotopic (exact) mass is 279 g/mol. The van der Waals surface area contributed by atoms with Gasteiger partial charge in [-0.15, -0.1) is 0 Å². The normalized spacial score (nSPS) is 11.0. The van der Waals surface area contributed by atoms with Gasteiger partial charge < -0.3 is 5.73 Å². The molecule has 1 rings (SSSR count). The van der Waals surface area contributed by atoms with E-state index in [1.54, 1.807) is 6.07 Å². The van der Waals surface area contributed by atoms with Crippen LogP contribution in [0, 0.1) is 0 Å². The van der Waals surface area contributed by atoms with Crippen molar-refractivity contribution in [1.29, 1.82) is 0 Å². The number of benzene rings is 1. The topological polar surface area (TPSA) is 26.0 Å². The van der Waals surface area contributed by atoms with E-state index in [0.29, 0.717) is 15.7 Å². The van der Waals surface area contributed by atoms with Crippen LogP contribution in [0.15, 0.2) is 18.2 Å². The molecule has 0 bridgehead atoms. The summed E-state index contributed by atoms with van der Waals surface area (Å²) < 4.78 is 0. The molecule has 4 heteroatoms. The first-order chi connectivity index (χ1) is 6.16. The zero-order chi connectivity index (χ0) is 9.84. The van der Waals surface area contributed by atoms with E-state index in [-0.39, 0.29) is 0 Å². The molecule has 0 saturated heterocycles. The van der Waals surface area contributed by atoms with Gasteiger partial charge in [0.15, 0.2) is 0 Å². The van der Waals surface area contributed by atoms with E-state index in [1.807, 2.05) is 18.2 Å². The van der Waals surface area contributed by atoms with Crippen LogP contribution in [0.1, 0.15) is 5.56 Å². The average Bonchev–Trinajstić information content (AvgIpc) is 2.13. The number of anilines is 1. The van der Waals surface area contributed by atoms with Crippen LogP contribution < -0.4 is 5.73 Å². The minimum atomic E-state index is 0.415. The van der Waals surface area contributed by atoms with Crippen molar-refractivity contribution in [3.63, 3.8) is 0 Å². The molecule has 0 unspecified atom stereocenters. The van der Waals surface area contributed by atoms with Gasteiger partial charge >= 0.3 is 0 Å². The summed E-state index contributed by atoms with van der Waals surface area (Å²) in [7, 11) is 0. The lowest BCUT2D eigenvalue weighted by atomic mass is 10.2. The van der Waals surface area contributed by atoms with Crippen LogP contribution in [0.3, 0.4) is 0 Å². The fourth-order valence-electron chi connectivity index (χ4n) is 0.880. The van der Waals surface area contributed by atoms with Crippen molar-refractivity contribution in [2.45, 2.75) is 0 Å². The maximum Gasteiger partial charge on any atom is 0.0827 e. The number of nitrogen functional groups attached to an aromatic ring is 1. The Balaban J connectivity index is 3.11. The van der Waals surface area contributed by atoms with Gasteiger partial charge in [-0.3, -0.25) is 0 Å². The Hall–Kier alpha value is -0.180. The van der Waals surface area contributed by atoms with Crippen LogP contribution >= 0.6 is 39.1 Å². The Bertz CT molecular complexity index is 337. The zero-order valence-electron chi connectivity index (χ0n) is 6.73. The van der Waals surface area contributed by atoms with Gasteiger partial charge in [-0.25, -0.2) is 0 Å². The summed E-state index contributed by atoms with van der Waals surface area (Å²) >= 11 is 15.1. The van der Waals surface area contributed by atoms with E-state index < -0.39 is 0 Å². The first-order valence-corrected chi connectivity index (χ1v) is 5.50. The summed E-state index contributed by atoms with van der Waals surface area (Å²) in [5.41, 5.74) is 6.95. The van der Waals surface area contributed by atoms with Crippen LogP contribution in [0.4, 0.5) is 5.69 Å². The van der Waals surface area contributed by atoms with E-state index in [2.05, 4.69) is 15.9 Å². The summed E-state index contributed by atoms with van der Waals surface area (Å²) in [6.45, 7) is 0. The predicted octanol–water partition coefficient (Wildman–Crippen LogP) is 3.98. The Morgan fingerprint density at radius 2 is 2.00 bits per heavy atom. The largest absolute Gasteiger partial charge is 0.397 e. The lowest BCUT2D eigenvalue weighted by Gasteiger charge is -2.03. The molecule has 0 atom stereocenters. The van der Waals surface area contributed by atoms with Gasteiger partial charge in [-0.1, -0.05) is 57.4 Å². The highest BCUT2D eigenvalue weighted by Gasteiger charge is 2.04. The van der Waals surface area contributed by atoms with E-state index >= 15 is 0 Å². The number of rotatable bonds is 2. The van der Waals surface area contributed by atoms with Crippen molar-refractivity contribution < 1.29 is 0 Å². The molecule has 70 valence electrons. The minimum Gasteiger partial charge on any atom is -0.397 e. The number of nitrogens with two attached hydrogens (primary N) is 1. The second kappa shape index (κ2) is 4.89. The summed E-state index contributed by atoms with van der Waals surface area (Å²) in [5.74, 6) is 0.